The van der Waals surface area contributed by atoms with E-state index in [1.807, 2.05) is 71.7 Å². The van der Waals surface area contributed by atoms with Crippen LogP contribution in [0.1, 0.15) is 22.3 Å². The van der Waals surface area contributed by atoms with Crippen molar-refractivity contribution in [2.75, 3.05) is 24.3 Å². The van der Waals surface area contributed by atoms with Crippen molar-refractivity contribution < 1.29 is 14.1 Å². The number of ketones is 1. The second-order valence-corrected chi connectivity index (χ2v) is 8.39. The van der Waals surface area contributed by atoms with Crippen LogP contribution in [0.5, 0.6) is 5.75 Å². The number of nitrogens with zero attached hydrogens (tertiary/aromatic N) is 3. The molecule has 1 aliphatic rings. The summed E-state index contributed by atoms with van der Waals surface area (Å²) in [5.41, 5.74) is 4.95. The standard InChI is InChI=1S/C27H23N5O3/c1-34-18-9-7-17(8-10-18)30-21-15-22(29-11-4-13-32-14-12-28-16-32)25-24-23(21)26(33)19-5-2-3-6-20(19)27(24)35-31-25/h2-3,5-10,12,14-16,29-30H,4,11,13H2,1H3. The number of benzene rings is 3. The van der Waals surface area contributed by atoms with Crippen LogP contribution in [0.15, 0.2) is 77.8 Å². The van der Waals surface area contributed by atoms with Crippen LogP contribution >= 0.6 is 0 Å². The minimum Gasteiger partial charge on any atom is -0.497 e. The third-order valence-corrected chi connectivity index (χ3v) is 6.24. The number of carbonyl (C=O) groups excluding carboxylic acids is 1. The first-order valence-corrected chi connectivity index (χ1v) is 11.4. The molecule has 0 saturated heterocycles. The average molecular weight is 466 g/mol. The average Bonchev–Trinajstić information content (AvgIpc) is 3.57. The van der Waals surface area contributed by atoms with E-state index in [0.717, 1.165) is 47.6 Å². The molecule has 5 aromatic rings. The number of fused-ring (bicyclic) bond motifs is 2. The summed E-state index contributed by atoms with van der Waals surface area (Å²) in [6.07, 6.45) is 6.43. The summed E-state index contributed by atoms with van der Waals surface area (Å²) in [7, 11) is 1.63. The van der Waals surface area contributed by atoms with Crippen molar-refractivity contribution in [2.45, 2.75) is 13.0 Å². The second-order valence-electron chi connectivity index (χ2n) is 8.39. The van der Waals surface area contributed by atoms with Crippen LogP contribution in [0, 0.1) is 0 Å². The fraction of sp³-hybridized carbons (Fsp3) is 0.148. The first-order chi connectivity index (χ1) is 17.2. The summed E-state index contributed by atoms with van der Waals surface area (Å²) in [6.45, 7) is 1.57. The lowest BCUT2D eigenvalue weighted by atomic mass is 9.86. The predicted octanol–water partition coefficient (Wildman–Crippen LogP) is 5.49. The Morgan fingerprint density at radius 3 is 2.66 bits per heavy atom. The molecule has 0 fully saturated rings. The van der Waals surface area contributed by atoms with Gasteiger partial charge in [0.25, 0.3) is 0 Å². The molecule has 174 valence electrons. The molecule has 0 saturated carbocycles. The Balaban J connectivity index is 1.41. The van der Waals surface area contributed by atoms with E-state index in [-0.39, 0.29) is 5.78 Å². The molecule has 0 spiro atoms. The van der Waals surface area contributed by atoms with Crippen molar-refractivity contribution in [3.63, 3.8) is 0 Å². The molecular weight excluding hydrogens is 442 g/mol. The van der Waals surface area contributed by atoms with Crippen LogP contribution in [0.25, 0.3) is 22.2 Å². The molecule has 2 heterocycles. The SMILES string of the molecule is COc1ccc(Nc2cc(NCCCn3ccnc3)c3noc4c3c2C(=O)c2ccccc2-4)cc1. The molecule has 2 aromatic heterocycles. The van der Waals surface area contributed by atoms with E-state index in [4.69, 9.17) is 9.26 Å². The Morgan fingerprint density at radius 2 is 1.89 bits per heavy atom. The quantitative estimate of drug-likeness (QED) is 0.287. The Labute approximate surface area is 201 Å². The molecule has 0 aliphatic heterocycles. The Morgan fingerprint density at radius 1 is 1.06 bits per heavy atom. The summed E-state index contributed by atoms with van der Waals surface area (Å²) in [6, 6.07) is 17.0. The topological polar surface area (TPSA) is 94.2 Å². The van der Waals surface area contributed by atoms with E-state index in [1.54, 1.807) is 13.3 Å². The van der Waals surface area contributed by atoms with E-state index in [1.165, 1.54) is 0 Å². The summed E-state index contributed by atoms with van der Waals surface area (Å²) < 4.78 is 13.1. The Kier molecular flexibility index (Phi) is 5.18. The molecule has 0 bridgehead atoms. The first-order valence-electron chi connectivity index (χ1n) is 11.4. The van der Waals surface area contributed by atoms with Gasteiger partial charge in [0.05, 0.1) is 35.8 Å². The van der Waals surface area contributed by atoms with Crippen molar-refractivity contribution in [1.82, 2.24) is 14.7 Å². The van der Waals surface area contributed by atoms with Crippen LogP contribution < -0.4 is 15.4 Å². The van der Waals surface area contributed by atoms with Gasteiger partial charge in [0.1, 0.15) is 11.3 Å². The predicted molar refractivity (Wildman–Crippen MR) is 134 cm³/mol. The molecule has 0 radical (unpaired) electrons. The number of hydrogen-bond acceptors (Lipinski definition) is 7. The number of carbonyl (C=O) groups is 1. The first kappa shape index (κ1) is 21.0. The number of nitrogens with one attached hydrogen (secondary N) is 2. The van der Waals surface area contributed by atoms with Gasteiger partial charge in [-0.15, -0.1) is 0 Å². The lowest BCUT2D eigenvalue weighted by Crippen LogP contribution is -2.13. The fourth-order valence-electron chi connectivity index (χ4n) is 4.53. The smallest absolute Gasteiger partial charge is 0.196 e. The summed E-state index contributed by atoms with van der Waals surface area (Å²) >= 11 is 0. The van der Waals surface area contributed by atoms with Gasteiger partial charge in [-0.25, -0.2) is 4.98 Å². The molecule has 6 rings (SSSR count). The number of imidazole rings is 1. The lowest BCUT2D eigenvalue weighted by Gasteiger charge is -2.20. The maximum atomic E-state index is 13.6. The normalized spacial score (nSPS) is 12.0. The molecule has 3 aromatic carbocycles. The molecule has 0 amide bonds. The van der Waals surface area contributed by atoms with Gasteiger partial charge in [-0.1, -0.05) is 29.4 Å². The van der Waals surface area contributed by atoms with Gasteiger partial charge in [0, 0.05) is 42.3 Å². The van der Waals surface area contributed by atoms with Crippen LogP contribution in [0.2, 0.25) is 0 Å². The molecule has 8 heteroatoms. The zero-order valence-corrected chi connectivity index (χ0v) is 19.1. The summed E-state index contributed by atoms with van der Waals surface area (Å²) in [4.78, 5) is 17.7. The van der Waals surface area contributed by atoms with Gasteiger partial charge in [-0.3, -0.25) is 4.79 Å². The molecular formula is C27H23N5O3. The third kappa shape index (κ3) is 3.69. The van der Waals surface area contributed by atoms with Crippen molar-refractivity contribution in [3.8, 4) is 17.1 Å². The molecule has 1 aliphatic carbocycles. The van der Waals surface area contributed by atoms with Gasteiger partial charge in [-0.2, -0.15) is 0 Å². The largest absolute Gasteiger partial charge is 0.497 e. The van der Waals surface area contributed by atoms with E-state index in [0.29, 0.717) is 28.1 Å². The maximum absolute atomic E-state index is 13.6. The molecule has 0 atom stereocenters. The van der Waals surface area contributed by atoms with Gasteiger partial charge >= 0.3 is 0 Å². The fourth-order valence-corrected chi connectivity index (χ4v) is 4.53. The zero-order valence-electron chi connectivity index (χ0n) is 19.1. The highest BCUT2D eigenvalue weighted by Crippen LogP contribution is 2.45. The van der Waals surface area contributed by atoms with Crippen LogP contribution in [-0.2, 0) is 6.54 Å². The monoisotopic (exact) mass is 465 g/mol. The lowest BCUT2D eigenvalue weighted by molar-refractivity contribution is 0.104. The van der Waals surface area contributed by atoms with Gasteiger partial charge in [0.15, 0.2) is 11.5 Å². The second kappa shape index (κ2) is 8.64. The van der Waals surface area contributed by atoms with Gasteiger partial charge in [0.2, 0.25) is 0 Å². The molecule has 0 unspecified atom stereocenters. The van der Waals surface area contributed by atoms with Crippen molar-refractivity contribution in [3.05, 3.63) is 84.4 Å². The minimum absolute atomic E-state index is 0.0519. The number of anilines is 3. The number of aromatic nitrogens is 3. The zero-order chi connectivity index (χ0) is 23.8. The van der Waals surface area contributed by atoms with Crippen LogP contribution in [0.4, 0.5) is 17.1 Å². The maximum Gasteiger partial charge on any atom is 0.196 e. The summed E-state index contributed by atoms with van der Waals surface area (Å²) in [5.74, 6) is 1.33. The number of ether oxygens (including phenoxy) is 1. The number of rotatable bonds is 8. The van der Waals surface area contributed by atoms with E-state index >= 15 is 0 Å². The van der Waals surface area contributed by atoms with Crippen molar-refractivity contribution >= 4 is 33.7 Å². The molecule has 35 heavy (non-hydrogen) atoms. The van der Waals surface area contributed by atoms with E-state index in [2.05, 4.69) is 20.8 Å². The van der Waals surface area contributed by atoms with Crippen molar-refractivity contribution in [1.29, 1.82) is 0 Å². The number of hydrogen-bond donors (Lipinski definition) is 2. The molecule has 8 nitrogen and oxygen atoms in total. The highest BCUT2D eigenvalue weighted by molar-refractivity contribution is 6.28. The summed E-state index contributed by atoms with van der Waals surface area (Å²) in [5, 5.41) is 12.0. The van der Waals surface area contributed by atoms with E-state index < -0.39 is 0 Å². The Hall–Kier alpha value is -4.59. The van der Waals surface area contributed by atoms with Gasteiger partial charge < -0.3 is 24.5 Å². The van der Waals surface area contributed by atoms with Crippen LogP contribution in [-0.4, -0.2) is 34.1 Å². The Bertz CT molecular complexity index is 1520. The van der Waals surface area contributed by atoms with Crippen molar-refractivity contribution in [2.24, 2.45) is 0 Å². The highest BCUT2D eigenvalue weighted by atomic mass is 16.5. The number of aryl methyl sites for hydroxylation is 1. The molecule has 2 N–H and O–H groups in total. The highest BCUT2D eigenvalue weighted by Gasteiger charge is 2.32. The third-order valence-electron chi connectivity index (χ3n) is 6.24. The van der Waals surface area contributed by atoms with E-state index in [9.17, 15) is 4.79 Å². The van der Waals surface area contributed by atoms with Gasteiger partial charge in [-0.05, 0) is 36.8 Å². The minimum atomic E-state index is -0.0519. The number of methoxy groups -OCH3 is 1. The van der Waals surface area contributed by atoms with Crippen LogP contribution in [0.3, 0.4) is 0 Å².